The summed E-state index contributed by atoms with van der Waals surface area (Å²) in [6.45, 7) is 5.28. The van der Waals surface area contributed by atoms with Crippen LogP contribution in [0.3, 0.4) is 0 Å². The zero-order chi connectivity index (χ0) is 13.2. The Morgan fingerprint density at radius 3 is 2.84 bits per heavy atom. The van der Waals surface area contributed by atoms with Crippen molar-refractivity contribution < 1.29 is 4.42 Å². The summed E-state index contributed by atoms with van der Waals surface area (Å²) in [5, 5.41) is 4.81. The Balaban J connectivity index is 1.87. The van der Waals surface area contributed by atoms with E-state index in [0.717, 1.165) is 23.8 Å². The highest BCUT2D eigenvalue weighted by Gasteiger charge is 2.24. The SMILES string of the molecule is CCNC(CC1CCC1)c1cc2cccc(C)c2o1. The lowest BCUT2D eigenvalue weighted by atomic mass is 9.80. The lowest BCUT2D eigenvalue weighted by molar-refractivity contribution is 0.249. The summed E-state index contributed by atoms with van der Waals surface area (Å²) < 4.78 is 6.12. The molecule has 19 heavy (non-hydrogen) atoms. The number of aryl methyl sites for hydroxylation is 1. The molecule has 2 aromatic rings. The van der Waals surface area contributed by atoms with Crippen molar-refractivity contribution in [2.45, 2.75) is 45.6 Å². The van der Waals surface area contributed by atoms with Gasteiger partial charge in [-0.25, -0.2) is 0 Å². The van der Waals surface area contributed by atoms with Crippen molar-refractivity contribution in [3.8, 4) is 0 Å². The molecule has 0 saturated heterocycles. The summed E-state index contributed by atoms with van der Waals surface area (Å²) in [6.07, 6.45) is 5.40. The molecule has 0 radical (unpaired) electrons. The van der Waals surface area contributed by atoms with Gasteiger partial charge < -0.3 is 9.73 Å². The monoisotopic (exact) mass is 257 g/mol. The minimum absolute atomic E-state index is 0.377. The van der Waals surface area contributed by atoms with E-state index in [-0.39, 0.29) is 0 Å². The summed E-state index contributed by atoms with van der Waals surface area (Å²) in [5.74, 6) is 2.00. The van der Waals surface area contributed by atoms with Crippen molar-refractivity contribution in [1.29, 1.82) is 0 Å². The van der Waals surface area contributed by atoms with Crippen LogP contribution in [0.5, 0.6) is 0 Å². The first-order valence-electron chi connectivity index (χ1n) is 7.50. The first-order valence-corrected chi connectivity index (χ1v) is 7.50. The summed E-state index contributed by atoms with van der Waals surface area (Å²) in [6, 6.07) is 8.95. The average molecular weight is 257 g/mol. The molecule has 0 spiro atoms. The molecule has 1 atom stereocenters. The van der Waals surface area contributed by atoms with Crippen LogP contribution in [0.2, 0.25) is 0 Å². The Hall–Kier alpha value is -1.28. The second-order valence-corrected chi connectivity index (χ2v) is 5.78. The van der Waals surface area contributed by atoms with Crippen LogP contribution in [0.15, 0.2) is 28.7 Å². The molecule has 2 heteroatoms. The van der Waals surface area contributed by atoms with E-state index in [1.807, 2.05) is 0 Å². The molecule has 1 aromatic heterocycles. The largest absolute Gasteiger partial charge is 0.459 e. The maximum absolute atomic E-state index is 6.12. The summed E-state index contributed by atoms with van der Waals surface area (Å²) in [7, 11) is 0. The maximum atomic E-state index is 6.12. The fourth-order valence-electron chi connectivity index (χ4n) is 3.01. The zero-order valence-corrected chi connectivity index (χ0v) is 11.9. The van der Waals surface area contributed by atoms with Gasteiger partial charge in [-0.05, 0) is 37.4 Å². The van der Waals surface area contributed by atoms with E-state index in [0.29, 0.717) is 6.04 Å². The molecule has 0 amide bonds. The molecule has 0 bridgehead atoms. The van der Waals surface area contributed by atoms with Gasteiger partial charge in [-0.2, -0.15) is 0 Å². The Morgan fingerprint density at radius 2 is 2.21 bits per heavy atom. The van der Waals surface area contributed by atoms with Crippen LogP contribution in [0, 0.1) is 12.8 Å². The molecule has 1 heterocycles. The van der Waals surface area contributed by atoms with E-state index in [9.17, 15) is 0 Å². The van der Waals surface area contributed by atoms with Crippen LogP contribution in [-0.2, 0) is 0 Å². The predicted octanol–water partition coefficient (Wildman–Crippen LogP) is 4.58. The molecular formula is C17H23NO. The third-order valence-electron chi connectivity index (χ3n) is 4.35. The lowest BCUT2D eigenvalue weighted by Gasteiger charge is -2.29. The van der Waals surface area contributed by atoms with Crippen LogP contribution >= 0.6 is 0 Å². The van der Waals surface area contributed by atoms with Crippen molar-refractivity contribution in [3.63, 3.8) is 0 Å². The highest BCUT2D eigenvalue weighted by atomic mass is 16.3. The molecule has 1 fully saturated rings. The number of nitrogens with one attached hydrogen (secondary N) is 1. The predicted molar refractivity (Wildman–Crippen MR) is 79.3 cm³/mol. The molecular weight excluding hydrogens is 234 g/mol. The fourth-order valence-corrected chi connectivity index (χ4v) is 3.01. The van der Waals surface area contributed by atoms with E-state index in [4.69, 9.17) is 4.42 Å². The van der Waals surface area contributed by atoms with E-state index >= 15 is 0 Å². The third-order valence-corrected chi connectivity index (χ3v) is 4.35. The van der Waals surface area contributed by atoms with Gasteiger partial charge in [-0.15, -0.1) is 0 Å². The third kappa shape index (κ3) is 2.55. The van der Waals surface area contributed by atoms with Crippen molar-refractivity contribution in [3.05, 3.63) is 35.6 Å². The maximum Gasteiger partial charge on any atom is 0.137 e. The molecule has 102 valence electrons. The molecule has 1 unspecified atom stereocenters. The van der Waals surface area contributed by atoms with Crippen LogP contribution in [-0.4, -0.2) is 6.54 Å². The average Bonchev–Trinajstić information content (AvgIpc) is 2.77. The van der Waals surface area contributed by atoms with E-state index < -0.39 is 0 Å². The standard InChI is InChI=1S/C17H23NO/c1-3-18-15(10-13-7-5-8-13)16-11-14-9-4-6-12(2)17(14)19-16/h4,6,9,11,13,15,18H,3,5,7-8,10H2,1-2H3. The topological polar surface area (TPSA) is 25.2 Å². The lowest BCUT2D eigenvalue weighted by Crippen LogP contribution is -2.25. The summed E-state index contributed by atoms with van der Waals surface area (Å²) in [4.78, 5) is 0. The van der Waals surface area contributed by atoms with Crippen LogP contribution in [0.25, 0.3) is 11.0 Å². The highest BCUT2D eigenvalue weighted by Crippen LogP contribution is 2.36. The fraction of sp³-hybridized carbons (Fsp3) is 0.529. The van der Waals surface area contributed by atoms with E-state index in [1.165, 1.54) is 36.6 Å². The van der Waals surface area contributed by atoms with Crippen molar-refractivity contribution in [2.24, 2.45) is 5.92 Å². The van der Waals surface area contributed by atoms with E-state index in [1.54, 1.807) is 0 Å². The number of para-hydroxylation sites is 1. The van der Waals surface area contributed by atoms with Crippen LogP contribution in [0.1, 0.15) is 50.0 Å². The van der Waals surface area contributed by atoms with Crippen LogP contribution < -0.4 is 5.32 Å². The normalized spacial score (nSPS) is 17.6. The number of furan rings is 1. The number of benzene rings is 1. The van der Waals surface area contributed by atoms with Gasteiger partial charge in [-0.1, -0.05) is 44.4 Å². The van der Waals surface area contributed by atoms with Gasteiger partial charge in [-0.3, -0.25) is 0 Å². The Morgan fingerprint density at radius 1 is 1.37 bits per heavy atom. The molecule has 1 N–H and O–H groups in total. The van der Waals surface area contributed by atoms with Crippen LogP contribution in [0.4, 0.5) is 0 Å². The molecule has 1 aromatic carbocycles. The minimum atomic E-state index is 0.377. The molecule has 3 rings (SSSR count). The number of hydrogen-bond donors (Lipinski definition) is 1. The number of fused-ring (bicyclic) bond motifs is 1. The van der Waals surface area contributed by atoms with Gasteiger partial charge in [0.1, 0.15) is 11.3 Å². The molecule has 1 aliphatic rings. The van der Waals surface area contributed by atoms with Crippen molar-refractivity contribution >= 4 is 11.0 Å². The second-order valence-electron chi connectivity index (χ2n) is 5.78. The Labute approximate surface area is 115 Å². The zero-order valence-electron chi connectivity index (χ0n) is 11.9. The van der Waals surface area contributed by atoms with Crippen molar-refractivity contribution in [2.75, 3.05) is 6.54 Å². The summed E-state index contributed by atoms with van der Waals surface area (Å²) >= 11 is 0. The second kappa shape index (κ2) is 5.38. The van der Waals surface area contributed by atoms with Gasteiger partial charge in [0.15, 0.2) is 0 Å². The summed E-state index contributed by atoms with van der Waals surface area (Å²) in [5.41, 5.74) is 2.27. The van der Waals surface area contributed by atoms with Gasteiger partial charge >= 0.3 is 0 Å². The highest BCUT2D eigenvalue weighted by molar-refractivity contribution is 5.81. The van der Waals surface area contributed by atoms with E-state index in [2.05, 4.69) is 43.4 Å². The van der Waals surface area contributed by atoms with Gasteiger partial charge in [0.05, 0.1) is 6.04 Å². The Kier molecular flexibility index (Phi) is 3.61. The van der Waals surface area contributed by atoms with Gasteiger partial charge in [0, 0.05) is 5.39 Å². The molecule has 1 saturated carbocycles. The van der Waals surface area contributed by atoms with Crippen molar-refractivity contribution in [1.82, 2.24) is 5.32 Å². The smallest absolute Gasteiger partial charge is 0.137 e. The quantitative estimate of drug-likeness (QED) is 0.848. The first-order chi connectivity index (χ1) is 9.28. The van der Waals surface area contributed by atoms with Gasteiger partial charge in [0.25, 0.3) is 0 Å². The Bertz CT molecular complexity index is 553. The molecule has 0 aliphatic heterocycles. The molecule has 1 aliphatic carbocycles. The number of rotatable bonds is 5. The first kappa shape index (κ1) is 12.7. The number of hydrogen-bond acceptors (Lipinski definition) is 2. The minimum Gasteiger partial charge on any atom is -0.459 e. The molecule has 2 nitrogen and oxygen atoms in total. The van der Waals surface area contributed by atoms with Gasteiger partial charge in [0.2, 0.25) is 0 Å².